The summed E-state index contributed by atoms with van der Waals surface area (Å²) in [4.78, 5) is 4.08. The first-order chi connectivity index (χ1) is 12.4. The Balaban J connectivity index is 1.55. The number of aromatic nitrogens is 1. The third-order valence-electron chi connectivity index (χ3n) is 4.16. The highest BCUT2D eigenvalue weighted by molar-refractivity contribution is 5.72. The average molecular weight is 322 g/mol. The molecule has 0 unspecified atom stereocenters. The van der Waals surface area contributed by atoms with E-state index in [2.05, 4.69) is 83.1 Å². The lowest BCUT2D eigenvalue weighted by atomic mass is 10.1. The largest absolute Gasteiger partial charge is 0.356 e. The predicted octanol–water partition coefficient (Wildman–Crippen LogP) is 6.16. The van der Waals surface area contributed by atoms with Crippen LogP contribution in [0.1, 0.15) is 0 Å². The SMILES string of the molecule is c1ccc(-c2ccc(Nc3cccc(-c4ccncc4)c3)cc2)cc1. The second kappa shape index (κ2) is 7.02. The number of nitrogens with one attached hydrogen (secondary N) is 1. The highest BCUT2D eigenvalue weighted by atomic mass is 14.9. The monoisotopic (exact) mass is 322 g/mol. The van der Waals surface area contributed by atoms with E-state index in [0.717, 1.165) is 16.9 Å². The number of anilines is 2. The molecule has 4 rings (SSSR count). The molecule has 0 aliphatic carbocycles. The molecule has 2 nitrogen and oxygen atoms in total. The Bertz CT molecular complexity index is 946. The van der Waals surface area contributed by atoms with Gasteiger partial charge in [0.1, 0.15) is 0 Å². The van der Waals surface area contributed by atoms with Gasteiger partial charge in [-0.2, -0.15) is 0 Å². The van der Waals surface area contributed by atoms with E-state index < -0.39 is 0 Å². The molecule has 0 fully saturated rings. The number of hydrogen-bond acceptors (Lipinski definition) is 2. The van der Waals surface area contributed by atoms with Gasteiger partial charge in [-0.05, 0) is 58.7 Å². The van der Waals surface area contributed by atoms with Gasteiger partial charge in [0.15, 0.2) is 0 Å². The second-order valence-electron chi connectivity index (χ2n) is 5.89. The molecule has 4 aromatic rings. The number of rotatable bonds is 4. The average Bonchev–Trinajstić information content (AvgIpc) is 2.70. The topological polar surface area (TPSA) is 24.9 Å². The minimum atomic E-state index is 1.07. The van der Waals surface area contributed by atoms with Crippen molar-refractivity contribution in [3.8, 4) is 22.3 Å². The van der Waals surface area contributed by atoms with Crippen molar-refractivity contribution in [3.63, 3.8) is 0 Å². The molecule has 0 amide bonds. The molecule has 0 spiro atoms. The molecule has 0 radical (unpaired) electrons. The fourth-order valence-corrected chi connectivity index (χ4v) is 2.86. The van der Waals surface area contributed by atoms with Crippen LogP contribution in [-0.2, 0) is 0 Å². The molecule has 120 valence electrons. The molecule has 1 aromatic heterocycles. The van der Waals surface area contributed by atoms with Gasteiger partial charge in [0, 0.05) is 23.8 Å². The summed E-state index contributed by atoms with van der Waals surface area (Å²) in [7, 11) is 0. The Hall–Kier alpha value is -3.39. The zero-order valence-corrected chi connectivity index (χ0v) is 13.8. The number of benzene rings is 3. The van der Waals surface area contributed by atoms with Gasteiger partial charge in [0.2, 0.25) is 0 Å². The van der Waals surface area contributed by atoms with Crippen molar-refractivity contribution in [1.82, 2.24) is 4.98 Å². The maximum absolute atomic E-state index is 4.08. The summed E-state index contributed by atoms with van der Waals surface area (Å²) in [6.45, 7) is 0. The summed E-state index contributed by atoms with van der Waals surface area (Å²) in [6.07, 6.45) is 3.63. The van der Waals surface area contributed by atoms with E-state index in [4.69, 9.17) is 0 Å². The Kier molecular flexibility index (Phi) is 4.25. The minimum absolute atomic E-state index is 1.07. The smallest absolute Gasteiger partial charge is 0.0390 e. The fourth-order valence-electron chi connectivity index (χ4n) is 2.86. The normalized spacial score (nSPS) is 10.4. The molecule has 1 N–H and O–H groups in total. The highest BCUT2D eigenvalue weighted by Crippen LogP contribution is 2.26. The van der Waals surface area contributed by atoms with Crippen molar-refractivity contribution in [2.45, 2.75) is 0 Å². The summed E-state index contributed by atoms with van der Waals surface area (Å²) < 4.78 is 0. The zero-order valence-electron chi connectivity index (χ0n) is 13.8. The van der Waals surface area contributed by atoms with Crippen LogP contribution >= 0.6 is 0 Å². The van der Waals surface area contributed by atoms with E-state index >= 15 is 0 Å². The van der Waals surface area contributed by atoms with Crippen molar-refractivity contribution >= 4 is 11.4 Å². The molecule has 0 saturated carbocycles. The summed E-state index contributed by atoms with van der Waals surface area (Å²) in [5.74, 6) is 0. The first-order valence-electron chi connectivity index (χ1n) is 8.31. The van der Waals surface area contributed by atoms with Gasteiger partial charge < -0.3 is 5.32 Å². The van der Waals surface area contributed by atoms with Crippen molar-refractivity contribution in [3.05, 3.63) is 103 Å². The first-order valence-corrected chi connectivity index (χ1v) is 8.31. The molecule has 0 atom stereocenters. The van der Waals surface area contributed by atoms with Crippen LogP contribution in [0.3, 0.4) is 0 Å². The summed E-state index contributed by atoms with van der Waals surface area (Å²) in [5.41, 5.74) is 6.94. The molecule has 0 saturated heterocycles. The third kappa shape index (κ3) is 3.59. The van der Waals surface area contributed by atoms with Crippen LogP contribution in [0.5, 0.6) is 0 Å². The van der Waals surface area contributed by atoms with E-state index in [1.54, 1.807) is 0 Å². The molecule has 0 bridgehead atoms. The first kappa shape index (κ1) is 15.2. The highest BCUT2D eigenvalue weighted by Gasteiger charge is 2.01. The van der Waals surface area contributed by atoms with Crippen molar-refractivity contribution in [2.75, 3.05) is 5.32 Å². The standard InChI is InChI=1S/C23H18N2/c1-2-5-18(6-3-1)19-9-11-22(12-10-19)25-23-8-4-7-21(17-23)20-13-15-24-16-14-20/h1-17,25H. The van der Waals surface area contributed by atoms with Crippen LogP contribution < -0.4 is 5.32 Å². The molecule has 25 heavy (non-hydrogen) atoms. The second-order valence-corrected chi connectivity index (χ2v) is 5.89. The van der Waals surface area contributed by atoms with E-state index in [1.165, 1.54) is 16.7 Å². The van der Waals surface area contributed by atoms with Gasteiger partial charge in [-0.25, -0.2) is 0 Å². The Morgan fingerprint density at radius 1 is 0.480 bits per heavy atom. The number of nitrogens with zero attached hydrogens (tertiary/aromatic N) is 1. The summed E-state index contributed by atoms with van der Waals surface area (Å²) in [5, 5.41) is 3.48. The van der Waals surface area contributed by atoms with Crippen LogP contribution in [0.15, 0.2) is 103 Å². The number of pyridine rings is 1. The Morgan fingerprint density at radius 3 is 1.88 bits per heavy atom. The fraction of sp³-hybridized carbons (Fsp3) is 0. The quantitative estimate of drug-likeness (QED) is 0.487. The van der Waals surface area contributed by atoms with Crippen molar-refractivity contribution in [1.29, 1.82) is 0 Å². The van der Waals surface area contributed by atoms with Crippen molar-refractivity contribution < 1.29 is 0 Å². The Morgan fingerprint density at radius 2 is 1.12 bits per heavy atom. The van der Waals surface area contributed by atoms with Crippen LogP contribution in [0.25, 0.3) is 22.3 Å². The van der Waals surface area contributed by atoms with Gasteiger partial charge in [0.25, 0.3) is 0 Å². The van der Waals surface area contributed by atoms with Gasteiger partial charge in [-0.3, -0.25) is 4.98 Å². The molecule has 1 heterocycles. The molecule has 0 aliphatic rings. The predicted molar refractivity (Wildman–Crippen MR) is 105 cm³/mol. The van der Waals surface area contributed by atoms with Gasteiger partial charge in [-0.1, -0.05) is 54.6 Å². The molecule has 3 aromatic carbocycles. The van der Waals surface area contributed by atoms with Gasteiger partial charge in [-0.15, -0.1) is 0 Å². The molecular formula is C23H18N2. The van der Waals surface area contributed by atoms with E-state index in [0.29, 0.717) is 0 Å². The lowest BCUT2D eigenvalue weighted by Gasteiger charge is -2.10. The van der Waals surface area contributed by atoms with Crippen molar-refractivity contribution in [2.24, 2.45) is 0 Å². The number of hydrogen-bond donors (Lipinski definition) is 1. The third-order valence-corrected chi connectivity index (χ3v) is 4.16. The summed E-state index contributed by atoms with van der Waals surface area (Å²) >= 11 is 0. The van der Waals surface area contributed by atoms with E-state index in [1.807, 2.05) is 30.6 Å². The van der Waals surface area contributed by atoms with Gasteiger partial charge in [0.05, 0.1) is 0 Å². The van der Waals surface area contributed by atoms with Gasteiger partial charge >= 0.3 is 0 Å². The van der Waals surface area contributed by atoms with E-state index in [9.17, 15) is 0 Å². The molecule has 0 aliphatic heterocycles. The van der Waals surface area contributed by atoms with E-state index in [-0.39, 0.29) is 0 Å². The maximum atomic E-state index is 4.08. The van der Waals surface area contributed by atoms with Crippen LogP contribution in [0, 0.1) is 0 Å². The zero-order chi connectivity index (χ0) is 16.9. The van der Waals surface area contributed by atoms with Crippen LogP contribution in [0.2, 0.25) is 0 Å². The molecular weight excluding hydrogens is 304 g/mol. The lowest BCUT2D eigenvalue weighted by Crippen LogP contribution is -1.90. The van der Waals surface area contributed by atoms with Crippen LogP contribution in [0.4, 0.5) is 11.4 Å². The Labute approximate surface area is 147 Å². The lowest BCUT2D eigenvalue weighted by molar-refractivity contribution is 1.33. The van der Waals surface area contributed by atoms with Crippen LogP contribution in [-0.4, -0.2) is 4.98 Å². The maximum Gasteiger partial charge on any atom is 0.0390 e. The molecule has 2 heteroatoms. The summed E-state index contributed by atoms with van der Waals surface area (Å²) in [6, 6.07) is 31.4. The minimum Gasteiger partial charge on any atom is -0.356 e.